The number of hydrogen-bond donors (Lipinski definition) is 2. The molecule has 34 heavy (non-hydrogen) atoms. The van der Waals surface area contributed by atoms with Crippen molar-refractivity contribution in [1.29, 1.82) is 0 Å². The monoisotopic (exact) mass is 494 g/mol. The van der Waals surface area contributed by atoms with Crippen LogP contribution in [0, 0.1) is 12.7 Å². The molecule has 0 saturated carbocycles. The van der Waals surface area contributed by atoms with Crippen LogP contribution in [-0.2, 0) is 25.8 Å². The van der Waals surface area contributed by atoms with Gasteiger partial charge < -0.3 is 9.84 Å². The molecule has 1 aliphatic heterocycles. The van der Waals surface area contributed by atoms with E-state index >= 15 is 0 Å². The third-order valence-corrected chi connectivity index (χ3v) is 7.86. The van der Waals surface area contributed by atoms with Crippen molar-refractivity contribution in [1.82, 2.24) is 4.31 Å². The first-order chi connectivity index (χ1) is 16.0. The first-order valence-electron chi connectivity index (χ1n) is 10.6. The van der Waals surface area contributed by atoms with E-state index in [0.29, 0.717) is 21.9 Å². The van der Waals surface area contributed by atoms with Crippen LogP contribution in [0.4, 0.5) is 13.2 Å². The van der Waals surface area contributed by atoms with Gasteiger partial charge in [-0.05, 0) is 51.9 Å². The third-order valence-electron chi connectivity index (χ3n) is 5.91. The molecule has 1 unspecified atom stereocenters. The zero-order chi connectivity index (χ0) is 24.7. The van der Waals surface area contributed by atoms with E-state index in [9.17, 15) is 31.8 Å². The number of nitrogens with zero attached hydrogens (tertiary/aromatic N) is 1. The van der Waals surface area contributed by atoms with Gasteiger partial charge in [-0.25, -0.2) is 13.2 Å². The van der Waals surface area contributed by atoms with Crippen molar-refractivity contribution >= 4 is 27.1 Å². The number of hydrogen-bond acceptors (Lipinski definition) is 3. The van der Waals surface area contributed by atoms with E-state index in [1.54, 1.807) is 13.0 Å². The van der Waals surface area contributed by atoms with Crippen molar-refractivity contribution in [3.05, 3.63) is 65.5 Å². The van der Waals surface area contributed by atoms with E-state index in [0.717, 1.165) is 4.31 Å². The minimum Gasteiger partial charge on any atom is -0.481 e. The first-order valence-corrected chi connectivity index (χ1v) is 12.0. The van der Waals surface area contributed by atoms with Crippen molar-refractivity contribution in [2.75, 3.05) is 13.1 Å². The van der Waals surface area contributed by atoms with Gasteiger partial charge in [0, 0.05) is 30.4 Å². The molecule has 4 rings (SSSR count). The van der Waals surface area contributed by atoms with Gasteiger partial charge in [0.15, 0.2) is 0 Å². The Morgan fingerprint density at radius 3 is 2.38 bits per heavy atom. The molecule has 1 aliphatic rings. The van der Waals surface area contributed by atoms with Gasteiger partial charge in [0.05, 0.1) is 19.5 Å². The molecule has 10 heteroatoms. The second kappa shape index (κ2) is 9.01. The molecular formula is C24H23F3NO5S+. The molecule has 180 valence electrons. The number of ether oxygens (including phenoxy) is 1. The summed E-state index contributed by atoms with van der Waals surface area (Å²) in [4.78, 5) is 11.3. The van der Waals surface area contributed by atoms with Gasteiger partial charge >= 0.3 is 16.4 Å². The standard InChI is InChI=1S/C24H22F3NO5S/c1-15-17(13-22(29)30)12-16-2-3-18(25)14-21(16)23(15)33-19-4-6-20(7-5-19)34(31,32)28-10-8-24(26,27)9-11-28/h2-7,12,14H,8-11,13H2,1H3,(H-,29,30,31,32)/p+1. The largest absolute Gasteiger partial charge is 0.481 e. The maximum atomic E-state index is 13.9. The Morgan fingerprint density at radius 2 is 1.76 bits per heavy atom. The molecule has 1 fully saturated rings. The fourth-order valence-electron chi connectivity index (χ4n) is 3.99. The van der Waals surface area contributed by atoms with Gasteiger partial charge in [-0.15, -0.1) is 0 Å². The summed E-state index contributed by atoms with van der Waals surface area (Å²) in [5.41, 5.74) is 1.04. The quantitative estimate of drug-likeness (QED) is 0.431. The highest BCUT2D eigenvalue weighted by Gasteiger charge is 2.45. The molecule has 1 heterocycles. The normalized spacial score (nSPS) is 17.9. The molecule has 0 radical (unpaired) electrons. The highest BCUT2D eigenvalue weighted by Crippen LogP contribution is 2.38. The zero-order valence-corrected chi connectivity index (χ0v) is 19.1. The van der Waals surface area contributed by atoms with E-state index in [1.165, 1.54) is 42.5 Å². The number of carboxylic acid groups (broad SMARTS) is 1. The number of alkyl halides is 2. The Kier molecular flexibility index (Phi) is 6.41. The third kappa shape index (κ3) is 4.94. The second-order valence-electron chi connectivity index (χ2n) is 8.28. The molecule has 0 amide bonds. The number of piperidine rings is 1. The minimum atomic E-state index is -3.69. The Labute approximate surface area is 195 Å². The molecule has 2 N–H and O–H groups in total. The average Bonchev–Trinajstić information content (AvgIpc) is 2.77. The molecule has 0 bridgehead atoms. The summed E-state index contributed by atoms with van der Waals surface area (Å²) >= 11 is 0. The number of carbonyl (C=O) groups is 1. The van der Waals surface area contributed by atoms with Gasteiger partial charge in [-0.1, -0.05) is 16.4 Å². The molecule has 0 aliphatic carbocycles. The lowest BCUT2D eigenvalue weighted by Gasteiger charge is -2.28. The van der Waals surface area contributed by atoms with Crippen molar-refractivity contribution in [2.24, 2.45) is 0 Å². The molecule has 1 atom stereocenters. The van der Waals surface area contributed by atoms with Crippen LogP contribution in [0.5, 0.6) is 11.5 Å². The van der Waals surface area contributed by atoms with E-state index in [4.69, 9.17) is 4.74 Å². The van der Waals surface area contributed by atoms with Crippen LogP contribution < -0.4 is 4.74 Å². The Balaban J connectivity index is 1.64. The fraction of sp³-hybridized carbons (Fsp3) is 0.292. The van der Waals surface area contributed by atoms with E-state index in [1.807, 2.05) is 0 Å². The zero-order valence-electron chi connectivity index (χ0n) is 18.3. The van der Waals surface area contributed by atoms with Crippen LogP contribution in [0.1, 0.15) is 24.0 Å². The molecule has 0 aromatic heterocycles. The van der Waals surface area contributed by atoms with E-state index in [-0.39, 0.29) is 35.9 Å². The molecular weight excluding hydrogens is 471 g/mol. The number of halogens is 3. The average molecular weight is 495 g/mol. The lowest BCUT2D eigenvalue weighted by Crippen LogP contribution is -2.45. The Hall–Kier alpha value is -2.95. The summed E-state index contributed by atoms with van der Waals surface area (Å²) in [6, 6.07) is 11.5. The molecule has 6 nitrogen and oxygen atoms in total. The van der Waals surface area contributed by atoms with E-state index < -0.39 is 41.0 Å². The molecule has 3 aromatic carbocycles. The molecule has 0 spiro atoms. The van der Waals surface area contributed by atoms with Crippen LogP contribution in [0.15, 0.2) is 53.4 Å². The van der Waals surface area contributed by atoms with Gasteiger partial charge in [0.1, 0.15) is 17.3 Å². The summed E-state index contributed by atoms with van der Waals surface area (Å²) in [7, 11) is -3.69. The summed E-state index contributed by atoms with van der Waals surface area (Å²) in [5.74, 6) is -3.77. The van der Waals surface area contributed by atoms with Crippen molar-refractivity contribution < 1.29 is 36.6 Å². The van der Waals surface area contributed by atoms with Gasteiger partial charge in [0.2, 0.25) is 4.90 Å². The summed E-state index contributed by atoms with van der Waals surface area (Å²) < 4.78 is 71.4. The highest BCUT2D eigenvalue weighted by molar-refractivity contribution is 7.95. The number of benzene rings is 3. The minimum absolute atomic E-state index is 0.0531. The van der Waals surface area contributed by atoms with Gasteiger partial charge in [0.25, 0.3) is 5.92 Å². The van der Waals surface area contributed by atoms with Crippen LogP contribution >= 0.6 is 0 Å². The molecule has 3 aromatic rings. The highest BCUT2D eigenvalue weighted by atomic mass is 32.3. The van der Waals surface area contributed by atoms with Crippen LogP contribution in [0.25, 0.3) is 10.8 Å². The smallest absolute Gasteiger partial charge is 0.325 e. The fourth-order valence-corrected chi connectivity index (χ4v) is 5.45. The lowest BCUT2D eigenvalue weighted by atomic mass is 9.98. The summed E-state index contributed by atoms with van der Waals surface area (Å²) in [6.07, 6.45) is -1.21. The van der Waals surface area contributed by atoms with E-state index in [2.05, 4.69) is 0 Å². The Bertz CT molecular complexity index is 1290. The predicted molar refractivity (Wildman–Crippen MR) is 121 cm³/mol. The maximum absolute atomic E-state index is 13.9. The first kappa shape index (κ1) is 24.2. The maximum Gasteiger partial charge on any atom is 0.325 e. The van der Waals surface area contributed by atoms with Crippen molar-refractivity contribution in [2.45, 2.75) is 37.0 Å². The SMILES string of the molecule is Cc1c(CC(=O)O)cc2ccc(F)cc2c1Oc1ccc([S+](=O)(O)N2CCC(F)(F)CC2)cc1. The van der Waals surface area contributed by atoms with Crippen molar-refractivity contribution in [3.8, 4) is 11.5 Å². The Morgan fingerprint density at radius 1 is 1.12 bits per heavy atom. The number of carboxylic acids is 1. The molecule has 1 saturated heterocycles. The topological polar surface area (TPSA) is 87.1 Å². The number of aliphatic carboxylic acids is 1. The van der Waals surface area contributed by atoms with Crippen molar-refractivity contribution in [3.63, 3.8) is 0 Å². The second-order valence-corrected chi connectivity index (χ2v) is 10.3. The van der Waals surface area contributed by atoms with Gasteiger partial charge in [-0.3, -0.25) is 4.79 Å². The predicted octanol–water partition coefficient (Wildman–Crippen LogP) is 5.68. The summed E-state index contributed by atoms with van der Waals surface area (Å²) in [5, 5.41) is 10.3. The van der Waals surface area contributed by atoms with Crippen LogP contribution in [0.2, 0.25) is 0 Å². The number of fused-ring (bicyclic) bond motifs is 1. The van der Waals surface area contributed by atoms with Gasteiger partial charge in [-0.2, -0.15) is 4.55 Å². The summed E-state index contributed by atoms with van der Waals surface area (Å²) in [6.45, 7) is 1.28. The lowest BCUT2D eigenvalue weighted by molar-refractivity contribution is -0.136. The van der Waals surface area contributed by atoms with Crippen LogP contribution in [0.3, 0.4) is 0 Å². The van der Waals surface area contributed by atoms with Crippen LogP contribution in [-0.4, -0.2) is 38.9 Å². The number of rotatable bonds is 6.